The van der Waals surface area contributed by atoms with Crippen LogP contribution in [-0.4, -0.2) is 25.6 Å². The third-order valence-electron chi connectivity index (χ3n) is 3.31. The van der Waals surface area contributed by atoms with Gasteiger partial charge in [0, 0.05) is 41.3 Å². The van der Waals surface area contributed by atoms with E-state index in [4.69, 9.17) is 0 Å². The number of nitrogens with one attached hydrogen (secondary N) is 2. The summed E-state index contributed by atoms with van der Waals surface area (Å²) in [6, 6.07) is 12.6. The van der Waals surface area contributed by atoms with Crippen LogP contribution < -0.4 is 10.6 Å². The van der Waals surface area contributed by atoms with Crippen molar-refractivity contribution in [3.05, 3.63) is 54.9 Å². The van der Waals surface area contributed by atoms with Crippen LogP contribution in [0.5, 0.6) is 5.75 Å². The predicted molar refractivity (Wildman–Crippen MR) is 100 cm³/mol. The van der Waals surface area contributed by atoms with Crippen molar-refractivity contribution >= 4 is 17.5 Å². The number of pyridine rings is 1. The van der Waals surface area contributed by atoms with E-state index in [9.17, 15) is 5.11 Å². The first-order valence-corrected chi connectivity index (χ1v) is 8.03. The summed E-state index contributed by atoms with van der Waals surface area (Å²) in [5.74, 6) is 1.37. The first kappa shape index (κ1) is 16.7. The third kappa shape index (κ3) is 4.67. The summed E-state index contributed by atoms with van der Waals surface area (Å²) >= 11 is 0. The van der Waals surface area contributed by atoms with Crippen LogP contribution in [0.1, 0.15) is 20.8 Å². The van der Waals surface area contributed by atoms with Gasteiger partial charge in [-0.05, 0) is 45.0 Å². The molecule has 0 aliphatic heterocycles. The molecule has 1 aromatic carbocycles. The second-order valence-corrected chi connectivity index (χ2v) is 6.75. The van der Waals surface area contributed by atoms with Crippen LogP contribution in [-0.2, 0) is 0 Å². The minimum Gasteiger partial charge on any atom is -0.508 e. The van der Waals surface area contributed by atoms with Gasteiger partial charge in [-0.3, -0.25) is 4.98 Å². The highest BCUT2D eigenvalue weighted by Crippen LogP contribution is 2.25. The molecule has 25 heavy (non-hydrogen) atoms. The SMILES string of the molecule is CC(C)(C)Nc1nc(Nc2cccc(O)c2)cc(-c2ccncc2)n1. The Balaban J connectivity index is 2.00. The number of aromatic hydroxyl groups is 1. The molecular formula is C19H21N5O. The molecule has 3 aromatic rings. The smallest absolute Gasteiger partial charge is 0.225 e. The molecule has 3 rings (SSSR count). The molecule has 3 N–H and O–H groups in total. The maximum atomic E-state index is 9.64. The first-order chi connectivity index (χ1) is 11.9. The van der Waals surface area contributed by atoms with Gasteiger partial charge in [-0.25, -0.2) is 4.98 Å². The van der Waals surface area contributed by atoms with Crippen LogP contribution in [0, 0.1) is 0 Å². The summed E-state index contributed by atoms with van der Waals surface area (Å²) in [5.41, 5.74) is 2.32. The van der Waals surface area contributed by atoms with Gasteiger partial charge in [0.2, 0.25) is 5.95 Å². The van der Waals surface area contributed by atoms with Crippen molar-refractivity contribution in [2.24, 2.45) is 0 Å². The Morgan fingerprint density at radius 1 is 0.960 bits per heavy atom. The topological polar surface area (TPSA) is 83.0 Å². The number of phenols is 1. The van der Waals surface area contributed by atoms with Gasteiger partial charge in [0.05, 0.1) is 5.69 Å². The van der Waals surface area contributed by atoms with Crippen LogP contribution in [0.25, 0.3) is 11.3 Å². The van der Waals surface area contributed by atoms with E-state index in [-0.39, 0.29) is 11.3 Å². The second-order valence-electron chi connectivity index (χ2n) is 6.75. The lowest BCUT2D eigenvalue weighted by molar-refractivity contribution is 0.475. The Hall–Kier alpha value is -3.15. The molecular weight excluding hydrogens is 314 g/mol. The van der Waals surface area contributed by atoms with E-state index in [0.717, 1.165) is 16.9 Å². The summed E-state index contributed by atoms with van der Waals surface area (Å²) in [6.07, 6.45) is 3.47. The summed E-state index contributed by atoms with van der Waals surface area (Å²) in [7, 11) is 0. The third-order valence-corrected chi connectivity index (χ3v) is 3.31. The molecule has 0 fully saturated rings. The van der Waals surface area contributed by atoms with Crippen molar-refractivity contribution in [3.63, 3.8) is 0 Å². The Morgan fingerprint density at radius 2 is 1.72 bits per heavy atom. The molecule has 0 unspecified atom stereocenters. The molecule has 0 saturated carbocycles. The minimum atomic E-state index is -0.168. The van der Waals surface area contributed by atoms with E-state index in [1.165, 1.54) is 0 Å². The van der Waals surface area contributed by atoms with Crippen LogP contribution in [0.15, 0.2) is 54.9 Å². The van der Waals surface area contributed by atoms with E-state index in [1.807, 2.05) is 24.3 Å². The van der Waals surface area contributed by atoms with Crippen molar-refractivity contribution in [1.29, 1.82) is 0 Å². The maximum Gasteiger partial charge on any atom is 0.225 e. The van der Waals surface area contributed by atoms with Gasteiger partial charge in [-0.15, -0.1) is 0 Å². The van der Waals surface area contributed by atoms with Crippen LogP contribution >= 0.6 is 0 Å². The number of anilines is 3. The van der Waals surface area contributed by atoms with Crippen molar-refractivity contribution < 1.29 is 5.11 Å². The zero-order valence-corrected chi connectivity index (χ0v) is 14.5. The molecule has 6 nitrogen and oxygen atoms in total. The molecule has 128 valence electrons. The number of hydrogen-bond acceptors (Lipinski definition) is 6. The summed E-state index contributed by atoms with van der Waals surface area (Å²) in [5, 5.41) is 16.2. The summed E-state index contributed by atoms with van der Waals surface area (Å²) < 4.78 is 0. The van der Waals surface area contributed by atoms with Crippen molar-refractivity contribution in [3.8, 4) is 17.0 Å². The van der Waals surface area contributed by atoms with E-state index in [1.54, 1.807) is 30.6 Å². The number of benzene rings is 1. The molecule has 0 spiro atoms. The lowest BCUT2D eigenvalue weighted by atomic mass is 10.1. The van der Waals surface area contributed by atoms with Gasteiger partial charge >= 0.3 is 0 Å². The van der Waals surface area contributed by atoms with E-state index < -0.39 is 0 Å². The molecule has 0 aliphatic rings. The highest BCUT2D eigenvalue weighted by Gasteiger charge is 2.14. The molecule has 0 atom stereocenters. The lowest BCUT2D eigenvalue weighted by Gasteiger charge is -2.21. The van der Waals surface area contributed by atoms with Gasteiger partial charge in [0.25, 0.3) is 0 Å². The van der Waals surface area contributed by atoms with Gasteiger partial charge in [0.15, 0.2) is 0 Å². The molecule has 0 radical (unpaired) electrons. The Kier molecular flexibility index (Phi) is 4.52. The molecule has 0 aliphatic carbocycles. The second kappa shape index (κ2) is 6.76. The molecule has 2 heterocycles. The Morgan fingerprint density at radius 3 is 2.40 bits per heavy atom. The van der Waals surface area contributed by atoms with Crippen molar-refractivity contribution in [2.75, 3.05) is 10.6 Å². The fourth-order valence-corrected chi connectivity index (χ4v) is 2.30. The molecule has 2 aromatic heterocycles. The number of hydrogen-bond donors (Lipinski definition) is 3. The van der Waals surface area contributed by atoms with Gasteiger partial charge in [0.1, 0.15) is 11.6 Å². The fraction of sp³-hybridized carbons (Fsp3) is 0.211. The van der Waals surface area contributed by atoms with E-state index in [2.05, 4.69) is 46.4 Å². The highest BCUT2D eigenvalue weighted by atomic mass is 16.3. The first-order valence-electron chi connectivity index (χ1n) is 8.03. The van der Waals surface area contributed by atoms with E-state index >= 15 is 0 Å². The van der Waals surface area contributed by atoms with E-state index in [0.29, 0.717) is 11.8 Å². The van der Waals surface area contributed by atoms with Crippen molar-refractivity contribution in [2.45, 2.75) is 26.3 Å². The molecule has 0 amide bonds. The Labute approximate surface area is 147 Å². The predicted octanol–water partition coefficient (Wildman–Crippen LogP) is 4.20. The van der Waals surface area contributed by atoms with Gasteiger partial charge in [-0.1, -0.05) is 6.07 Å². The molecule has 6 heteroatoms. The van der Waals surface area contributed by atoms with Crippen LogP contribution in [0.3, 0.4) is 0 Å². The Bertz CT molecular complexity index is 859. The lowest BCUT2D eigenvalue weighted by Crippen LogP contribution is -2.27. The van der Waals surface area contributed by atoms with Crippen LogP contribution in [0.2, 0.25) is 0 Å². The average Bonchev–Trinajstić information content (AvgIpc) is 2.54. The minimum absolute atomic E-state index is 0.168. The number of aromatic nitrogens is 3. The average molecular weight is 335 g/mol. The standard InChI is InChI=1S/C19H21N5O/c1-19(2,3)24-18-22-16(13-7-9-20-10-8-13)12-17(23-18)21-14-5-4-6-15(25)11-14/h4-12,25H,1-3H3,(H2,21,22,23,24). The fourth-order valence-electron chi connectivity index (χ4n) is 2.30. The van der Waals surface area contributed by atoms with Gasteiger partial charge < -0.3 is 15.7 Å². The summed E-state index contributed by atoms with van der Waals surface area (Å²) in [6.45, 7) is 6.16. The normalized spacial score (nSPS) is 11.2. The highest BCUT2D eigenvalue weighted by molar-refractivity contribution is 5.67. The largest absolute Gasteiger partial charge is 0.508 e. The zero-order valence-electron chi connectivity index (χ0n) is 14.5. The van der Waals surface area contributed by atoms with Crippen molar-refractivity contribution in [1.82, 2.24) is 15.0 Å². The maximum absolute atomic E-state index is 9.64. The molecule has 0 bridgehead atoms. The monoisotopic (exact) mass is 335 g/mol. The quantitative estimate of drug-likeness (QED) is 0.663. The number of rotatable bonds is 4. The van der Waals surface area contributed by atoms with Crippen LogP contribution in [0.4, 0.5) is 17.5 Å². The van der Waals surface area contributed by atoms with Gasteiger partial charge in [-0.2, -0.15) is 4.98 Å². The number of nitrogens with zero attached hydrogens (tertiary/aromatic N) is 3. The molecule has 0 saturated heterocycles. The zero-order chi connectivity index (χ0) is 17.9. The number of phenolic OH excluding ortho intramolecular Hbond substituents is 1. The summed E-state index contributed by atoms with van der Waals surface area (Å²) in [4.78, 5) is 13.2.